The number of aromatic nitrogens is 2. The fraction of sp³-hybridized carbons (Fsp3) is 0.364. The Labute approximate surface area is 79.2 Å². The van der Waals surface area contributed by atoms with Crippen LogP contribution in [0.3, 0.4) is 0 Å². The first kappa shape index (κ1) is 9.78. The average Bonchev–Trinajstić information content (AvgIpc) is 2.67. The maximum absolute atomic E-state index is 4.11. The van der Waals surface area contributed by atoms with Crippen molar-refractivity contribution in [2.24, 2.45) is 0 Å². The third-order valence-electron chi connectivity index (χ3n) is 1.87. The number of fused-ring (bicyclic) bond motifs is 1. The molecule has 0 atom stereocenters. The highest BCUT2D eigenvalue weighted by Crippen LogP contribution is 2.06. The van der Waals surface area contributed by atoms with E-state index in [-0.39, 0.29) is 0 Å². The van der Waals surface area contributed by atoms with Crippen LogP contribution in [0, 0.1) is 0 Å². The second-order valence-corrected chi connectivity index (χ2v) is 2.59. The Bertz CT molecular complexity index is 363. The normalized spacial score (nSPS) is 9.46. The van der Waals surface area contributed by atoms with Crippen LogP contribution in [-0.4, -0.2) is 9.61 Å². The van der Waals surface area contributed by atoms with Gasteiger partial charge in [-0.1, -0.05) is 20.8 Å². The largest absolute Gasteiger partial charge is 0.241 e. The number of aryl methyl sites for hydroxylation is 1. The second-order valence-electron chi connectivity index (χ2n) is 2.59. The lowest BCUT2D eigenvalue weighted by molar-refractivity contribution is 0.951. The van der Waals surface area contributed by atoms with Crippen LogP contribution in [0.2, 0.25) is 0 Å². The van der Waals surface area contributed by atoms with E-state index in [0.29, 0.717) is 0 Å². The molecule has 2 aromatic rings. The Morgan fingerprint density at radius 3 is 2.77 bits per heavy atom. The van der Waals surface area contributed by atoms with E-state index in [4.69, 9.17) is 0 Å². The standard InChI is InChI=1S/C9H10N2.C2H6/c1-2-8-4-6-11-9(7-8)3-5-10-11;1-2/h3-7H,2H2,1H3;1-2H3. The van der Waals surface area contributed by atoms with E-state index in [2.05, 4.69) is 24.2 Å². The Morgan fingerprint density at radius 2 is 2.08 bits per heavy atom. The van der Waals surface area contributed by atoms with Crippen molar-refractivity contribution >= 4 is 5.52 Å². The molecule has 0 unspecified atom stereocenters. The maximum atomic E-state index is 4.11. The summed E-state index contributed by atoms with van der Waals surface area (Å²) in [5.41, 5.74) is 2.53. The van der Waals surface area contributed by atoms with Crippen LogP contribution in [0.4, 0.5) is 0 Å². The second kappa shape index (κ2) is 4.65. The van der Waals surface area contributed by atoms with Gasteiger partial charge in [0, 0.05) is 12.4 Å². The predicted molar refractivity (Wildman–Crippen MR) is 55.9 cm³/mol. The maximum Gasteiger partial charge on any atom is 0.0664 e. The molecule has 2 heteroatoms. The molecule has 0 aromatic carbocycles. The molecule has 0 saturated carbocycles. The molecule has 2 aromatic heterocycles. The predicted octanol–water partition coefficient (Wildman–Crippen LogP) is 2.92. The number of pyridine rings is 1. The van der Waals surface area contributed by atoms with Crippen LogP contribution >= 0.6 is 0 Å². The zero-order valence-electron chi connectivity index (χ0n) is 8.49. The van der Waals surface area contributed by atoms with E-state index < -0.39 is 0 Å². The van der Waals surface area contributed by atoms with Gasteiger partial charge in [0.25, 0.3) is 0 Å². The van der Waals surface area contributed by atoms with Crippen molar-refractivity contribution in [3.63, 3.8) is 0 Å². The summed E-state index contributed by atoms with van der Waals surface area (Å²) < 4.78 is 1.87. The molecular formula is C11H16N2. The minimum atomic E-state index is 1.08. The molecular weight excluding hydrogens is 160 g/mol. The summed E-state index contributed by atoms with van der Waals surface area (Å²) in [5.74, 6) is 0. The minimum Gasteiger partial charge on any atom is -0.241 e. The molecule has 0 aliphatic rings. The molecule has 2 rings (SSSR count). The first-order chi connectivity index (χ1) is 6.40. The quantitative estimate of drug-likeness (QED) is 0.653. The first-order valence-electron chi connectivity index (χ1n) is 4.82. The van der Waals surface area contributed by atoms with Gasteiger partial charge in [0.15, 0.2) is 0 Å². The first-order valence-corrected chi connectivity index (χ1v) is 4.82. The molecule has 0 fully saturated rings. The number of hydrogen-bond acceptors (Lipinski definition) is 1. The van der Waals surface area contributed by atoms with Gasteiger partial charge in [-0.05, 0) is 30.2 Å². The van der Waals surface area contributed by atoms with Crippen molar-refractivity contribution in [3.05, 3.63) is 36.2 Å². The lowest BCUT2D eigenvalue weighted by Gasteiger charge is -1.96. The van der Waals surface area contributed by atoms with E-state index in [0.717, 1.165) is 6.42 Å². The van der Waals surface area contributed by atoms with Gasteiger partial charge in [0.05, 0.1) is 5.52 Å². The molecule has 0 aliphatic heterocycles. The van der Waals surface area contributed by atoms with Crippen LogP contribution < -0.4 is 0 Å². The summed E-state index contributed by atoms with van der Waals surface area (Å²) in [6.45, 7) is 6.15. The van der Waals surface area contributed by atoms with Gasteiger partial charge in [-0.2, -0.15) is 5.10 Å². The number of nitrogens with zero attached hydrogens (tertiary/aromatic N) is 2. The summed E-state index contributed by atoms with van der Waals surface area (Å²) in [4.78, 5) is 0. The molecule has 0 spiro atoms. The molecule has 13 heavy (non-hydrogen) atoms. The molecule has 0 aliphatic carbocycles. The van der Waals surface area contributed by atoms with Crippen molar-refractivity contribution < 1.29 is 0 Å². The lowest BCUT2D eigenvalue weighted by atomic mass is 10.2. The van der Waals surface area contributed by atoms with Crippen molar-refractivity contribution in [1.82, 2.24) is 9.61 Å². The minimum absolute atomic E-state index is 1.08. The van der Waals surface area contributed by atoms with Crippen LogP contribution in [0.15, 0.2) is 30.6 Å². The van der Waals surface area contributed by atoms with Crippen molar-refractivity contribution in [3.8, 4) is 0 Å². The molecule has 0 N–H and O–H groups in total. The molecule has 70 valence electrons. The van der Waals surface area contributed by atoms with Crippen molar-refractivity contribution in [2.75, 3.05) is 0 Å². The van der Waals surface area contributed by atoms with E-state index >= 15 is 0 Å². The van der Waals surface area contributed by atoms with Crippen molar-refractivity contribution in [1.29, 1.82) is 0 Å². The summed E-state index contributed by atoms with van der Waals surface area (Å²) in [6, 6.07) is 6.27. The van der Waals surface area contributed by atoms with Crippen molar-refractivity contribution in [2.45, 2.75) is 27.2 Å². The zero-order chi connectivity index (χ0) is 9.68. The summed E-state index contributed by atoms with van der Waals surface area (Å²) in [7, 11) is 0. The summed E-state index contributed by atoms with van der Waals surface area (Å²) >= 11 is 0. The Balaban J connectivity index is 0.000000396. The van der Waals surface area contributed by atoms with Gasteiger partial charge in [0.2, 0.25) is 0 Å². The van der Waals surface area contributed by atoms with E-state index in [9.17, 15) is 0 Å². The zero-order valence-corrected chi connectivity index (χ0v) is 8.49. The SMILES string of the molecule is CC.CCc1ccn2nccc2c1. The average molecular weight is 176 g/mol. The summed E-state index contributed by atoms with van der Waals surface area (Å²) in [6.07, 6.45) is 4.89. The van der Waals surface area contributed by atoms with E-state index in [1.807, 2.05) is 36.8 Å². The molecule has 0 saturated heterocycles. The summed E-state index contributed by atoms with van der Waals surface area (Å²) in [5, 5.41) is 4.11. The van der Waals surface area contributed by atoms with E-state index in [1.165, 1.54) is 11.1 Å². The van der Waals surface area contributed by atoms with Gasteiger partial charge in [-0.15, -0.1) is 0 Å². The highest BCUT2D eigenvalue weighted by atomic mass is 15.2. The third-order valence-corrected chi connectivity index (χ3v) is 1.87. The lowest BCUT2D eigenvalue weighted by Crippen LogP contribution is -1.87. The molecule has 0 radical (unpaired) electrons. The van der Waals surface area contributed by atoms with Gasteiger partial charge >= 0.3 is 0 Å². The van der Waals surface area contributed by atoms with Gasteiger partial charge in [-0.3, -0.25) is 0 Å². The van der Waals surface area contributed by atoms with Crippen LogP contribution in [-0.2, 0) is 6.42 Å². The van der Waals surface area contributed by atoms with Gasteiger partial charge in [-0.25, -0.2) is 4.52 Å². The Hall–Kier alpha value is -1.31. The van der Waals surface area contributed by atoms with Crippen LogP contribution in [0.1, 0.15) is 26.3 Å². The topological polar surface area (TPSA) is 17.3 Å². The fourth-order valence-corrected chi connectivity index (χ4v) is 1.19. The molecule has 2 heterocycles. The Kier molecular flexibility index (Phi) is 3.50. The number of rotatable bonds is 1. The fourth-order valence-electron chi connectivity index (χ4n) is 1.19. The highest BCUT2D eigenvalue weighted by molar-refractivity contribution is 5.47. The molecule has 0 amide bonds. The van der Waals surface area contributed by atoms with E-state index in [1.54, 1.807) is 0 Å². The van der Waals surface area contributed by atoms with Gasteiger partial charge in [0.1, 0.15) is 0 Å². The van der Waals surface area contributed by atoms with Crippen LogP contribution in [0.5, 0.6) is 0 Å². The highest BCUT2D eigenvalue weighted by Gasteiger charge is 1.92. The Morgan fingerprint density at radius 1 is 1.31 bits per heavy atom. The third kappa shape index (κ3) is 2.08. The molecule has 0 bridgehead atoms. The van der Waals surface area contributed by atoms with Crippen LogP contribution in [0.25, 0.3) is 5.52 Å². The van der Waals surface area contributed by atoms with Gasteiger partial charge < -0.3 is 0 Å². The number of hydrogen-bond donors (Lipinski definition) is 0. The monoisotopic (exact) mass is 176 g/mol. The molecule has 2 nitrogen and oxygen atoms in total. The smallest absolute Gasteiger partial charge is 0.0664 e.